The summed E-state index contributed by atoms with van der Waals surface area (Å²) in [6.45, 7) is 9.73. The summed E-state index contributed by atoms with van der Waals surface area (Å²) in [7, 11) is 0. The van der Waals surface area contributed by atoms with Crippen molar-refractivity contribution in [3.63, 3.8) is 0 Å². The summed E-state index contributed by atoms with van der Waals surface area (Å²) in [5, 5.41) is 8.94. The lowest BCUT2D eigenvalue weighted by Crippen LogP contribution is -2.57. The molecule has 0 saturated carbocycles. The molecule has 3 N–H and O–H groups in total. The van der Waals surface area contributed by atoms with E-state index in [4.69, 9.17) is 0 Å². The van der Waals surface area contributed by atoms with Crippen LogP contribution in [0.25, 0.3) is 11.4 Å². The second-order valence-electron chi connectivity index (χ2n) is 9.84. The number of carbonyl (C=O) groups excluding carboxylic acids is 2. The van der Waals surface area contributed by atoms with E-state index in [0.29, 0.717) is 49.2 Å². The van der Waals surface area contributed by atoms with Gasteiger partial charge in [-0.15, -0.1) is 0 Å². The van der Waals surface area contributed by atoms with Crippen LogP contribution in [0.15, 0.2) is 66.7 Å². The van der Waals surface area contributed by atoms with Crippen molar-refractivity contribution in [1.29, 1.82) is 0 Å². The van der Waals surface area contributed by atoms with Crippen LogP contribution in [0.3, 0.4) is 0 Å². The molecule has 1 aliphatic heterocycles. The molecule has 38 heavy (non-hydrogen) atoms. The van der Waals surface area contributed by atoms with Gasteiger partial charge in [0.2, 0.25) is 11.8 Å². The smallest absolute Gasteiger partial charge is 0.239 e. The number of benzene rings is 2. The Bertz CT molecular complexity index is 1190. The van der Waals surface area contributed by atoms with Crippen molar-refractivity contribution >= 4 is 23.5 Å². The highest BCUT2D eigenvalue weighted by Crippen LogP contribution is 2.21. The normalized spacial score (nSPS) is 18.1. The fourth-order valence-electron chi connectivity index (χ4n) is 4.83. The molecule has 1 fully saturated rings. The molecule has 0 aliphatic carbocycles. The molecule has 2 atom stereocenters. The Labute approximate surface area is 224 Å². The molecule has 200 valence electrons. The maximum Gasteiger partial charge on any atom is 0.239 e. The molecule has 0 unspecified atom stereocenters. The van der Waals surface area contributed by atoms with Gasteiger partial charge in [-0.3, -0.25) is 19.4 Å². The van der Waals surface area contributed by atoms with Crippen LogP contribution < -0.4 is 16.0 Å². The van der Waals surface area contributed by atoms with Gasteiger partial charge < -0.3 is 16.0 Å². The first-order valence-electron chi connectivity index (χ1n) is 13.1. The van der Waals surface area contributed by atoms with Crippen molar-refractivity contribution in [2.75, 3.05) is 43.4 Å². The Balaban J connectivity index is 1.39. The summed E-state index contributed by atoms with van der Waals surface area (Å²) in [5.41, 5.74) is 2.16. The monoisotopic (exact) mass is 515 g/mol. The predicted octanol–water partition coefficient (Wildman–Crippen LogP) is 3.22. The summed E-state index contributed by atoms with van der Waals surface area (Å²) in [4.78, 5) is 38.1. The van der Waals surface area contributed by atoms with E-state index >= 15 is 0 Å². The minimum Gasteiger partial charge on any atom is -0.368 e. The highest BCUT2D eigenvalue weighted by atomic mass is 16.2. The van der Waals surface area contributed by atoms with Crippen molar-refractivity contribution in [3.05, 3.63) is 72.3 Å². The standard InChI is InChI=1S/C29H37N7O2/c1-21-17-35(18-22(2)36(21)19-24-10-6-4-7-11-24)20-28(38)32-27-16-26(31-15-14-30-23(3)37)33-29(34-27)25-12-8-5-9-13-25/h4-13,16,21-22H,14-15,17-20H2,1-3H3,(H,30,37)(H2,31,32,33,34,38)/t21-,22+. The molecule has 1 saturated heterocycles. The van der Waals surface area contributed by atoms with Gasteiger partial charge in [-0.25, -0.2) is 9.97 Å². The predicted molar refractivity (Wildman–Crippen MR) is 151 cm³/mol. The van der Waals surface area contributed by atoms with Crippen molar-refractivity contribution in [1.82, 2.24) is 25.1 Å². The number of aromatic nitrogens is 2. The van der Waals surface area contributed by atoms with Crippen molar-refractivity contribution < 1.29 is 9.59 Å². The first-order valence-corrected chi connectivity index (χ1v) is 13.1. The number of amides is 2. The van der Waals surface area contributed by atoms with Gasteiger partial charge in [0, 0.05) is 63.4 Å². The molecular formula is C29H37N7O2. The molecule has 0 radical (unpaired) electrons. The van der Waals surface area contributed by atoms with Crippen LogP contribution in [-0.4, -0.2) is 76.4 Å². The van der Waals surface area contributed by atoms with E-state index < -0.39 is 0 Å². The van der Waals surface area contributed by atoms with E-state index in [-0.39, 0.29) is 11.8 Å². The Morgan fingerprint density at radius 3 is 2.18 bits per heavy atom. The second-order valence-corrected chi connectivity index (χ2v) is 9.84. The minimum absolute atomic E-state index is 0.0862. The summed E-state index contributed by atoms with van der Waals surface area (Å²) >= 11 is 0. The maximum absolute atomic E-state index is 13.1. The number of nitrogens with zero attached hydrogens (tertiary/aromatic N) is 4. The van der Waals surface area contributed by atoms with E-state index in [9.17, 15) is 9.59 Å². The Morgan fingerprint density at radius 1 is 0.895 bits per heavy atom. The zero-order valence-electron chi connectivity index (χ0n) is 22.4. The van der Waals surface area contributed by atoms with Gasteiger partial charge in [0.05, 0.1) is 6.54 Å². The van der Waals surface area contributed by atoms with Gasteiger partial charge in [-0.2, -0.15) is 0 Å². The zero-order chi connectivity index (χ0) is 26.9. The van der Waals surface area contributed by atoms with Crippen molar-refractivity contribution in [2.24, 2.45) is 0 Å². The summed E-state index contributed by atoms with van der Waals surface area (Å²) in [6, 6.07) is 22.5. The number of rotatable bonds is 10. The van der Waals surface area contributed by atoms with Crippen LogP contribution in [-0.2, 0) is 16.1 Å². The van der Waals surface area contributed by atoms with Crippen LogP contribution >= 0.6 is 0 Å². The molecule has 0 bridgehead atoms. The molecule has 9 heteroatoms. The number of anilines is 2. The first kappa shape index (κ1) is 27.2. The fraction of sp³-hybridized carbons (Fsp3) is 0.379. The molecule has 2 heterocycles. The third-order valence-electron chi connectivity index (χ3n) is 6.58. The lowest BCUT2D eigenvalue weighted by atomic mass is 10.1. The van der Waals surface area contributed by atoms with Crippen LogP contribution in [0.4, 0.5) is 11.6 Å². The van der Waals surface area contributed by atoms with Crippen LogP contribution in [0, 0.1) is 0 Å². The van der Waals surface area contributed by atoms with Gasteiger partial charge in [-0.1, -0.05) is 60.7 Å². The molecule has 1 aliphatic rings. The van der Waals surface area contributed by atoms with E-state index in [1.807, 2.05) is 36.4 Å². The van der Waals surface area contributed by atoms with E-state index in [1.165, 1.54) is 12.5 Å². The number of carbonyl (C=O) groups is 2. The van der Waals surface area contributed by atoms with Crippen molar-refractivity contribution in [2.45, 2.75) is 39.4 Å². The molecule has 0 spiro atoms. The van der Waals surface area contributed by atoms with Gasteiger partial charge in [-0.05, 0) is 19.4 Å². The number of hydrogen-bond acceptors (Lipinski definition) is 7. The average Bonchev–Trinajstić information content (AvgIpc) is 2.89. The topological polar surface area (TPSA) is 102 Å². The van der Waals surface area contributed by atoms with E-state index in [2.05, 4.69) is 73.8 Å². The molecule has 1 aromatic heterocycles. The zero-order valence-corrected chi connectivity index (χ0v) is 22.4. The molecular weight excluding hydrogens is 478 g/mol. The molecule has 2 amide bonds. The molecule has 2 aromatic carbocycles. The SMILES string of the molecule is CC(=O)NCCNc1cc(NC(=O)CN2C[C@@H](C)N(Cc3ccccc3)[C@@H](C)C2)nc(-c2ccccc2)n1. The van der Waals surface area contributed by atoms with Crippen LogP contribution in [0.2, 0.25) is 0 Å². The lowest BCUT2D eigenvalue weighted by Gasteiger charge is -2.44. The van der Waals surface area contributed by atoms with E-state index in [0.717, 1.165) is 25.2 Å². The third kappa shape index (κ3) is 7.84. The highest BCUT2D eigenvalue weighted by molar-refractivity contribution is 5.92. The second kappa shape index (κ2) is 13.1. The van der Waals surface area contributed by atoms with Gasteiger partial charge in [0.1, 0.15) is 11.6 Å². The van der Waals surface area contributed by atoms with Gasteiger partial charge >= 0.3 is 0 Å². The highest BCUT2D eigenvalue weighted by Gasteiger charge is 2.30. The Kier molecular flexibility index (Phi) is 9.40. The summed E-state index contributed by atoms with van der Waals surface area (Å²) < 4.78 is 0. The Hall–Kier alpha value is -3.82. The first-order chi connectivity index (χ1) is 18.4. The number of nitrogens with one attached hydrogen (secondary N) is 3. The maximum atomic E-state index is 13.1. The average molecular weight is 516 g/mol. The minimum atomic E-state index is -0.109. The fourth-order valence-corrected chi connectivity index (χ4v) is 4.83. The third-order valence-corrected chi connectivity index (χ3v) is 6.58. The lowest BCUT2D eigenvalue weighted by molar-refractivity contribution is -0.119. The van der Waals surface area contributed by atoms with Crippen LogP contribution in [0.1, 0.15) is 26.3 Å². The van der Waals surface area contributed by atoms with Gasteiger partial charge in [0.15, 0.2) is 5.82 Å². The van der Waals surface area contributed by atoms with E-state index in [1.54, 1.807) is 6.07 Å². The summed E-state index contributed by atoms with van der Waals surface area (Å²) in [5.74, 6) is 1.34. The van der Waals surface area contributed by atoms with Gasteiger partial charge in [0.25, 0.3) is 0 Å². The van der Waals surface area contributed by atoms with Crippen molar-refractivity contribution in [3.8, 4) is 11.4 Å². The quantitative estimate of drug-likeness (QED) is 0.356. The largest absolute Gasteiger partial charge is 0.368 e. The number of piperazine rings is 1. The Morgan fingerprint density at radius 2 is 1.53 bits per heavy atom. The molecule has 9 nitrogen and oxygen atoms in total. The summed E-state index contributed by atoms with van der Waals surface area (Å²) in [6.07, 6.45) is 0. The van der Waals surface area contributed by atoms with Crippen LogP contribution in [0.5, 0.6) is 0 Å². The number of hydrogen-bond donors (Lipinski definition) is 3. The molecule has 3 aromatic rings. The molecule has 4 rings (SSSR count).